The predicted molar refractivity (Wildman–Crippen MR) is 282 cm³/mol. The van der Waals surface area contributed by atoms with E-state index in [4.69, 9.17) is 4.42 Å². The number of benzene rings is 11. The molecule has 0 saturated carbocycles. The first-order chi connectivity index (χ1) is 31.9. The maximum Gasteiger partial charge on any atom is 0.159 e. The van der Waals surface area contributed by atoms with E-state index in [1.54, 1.807) is 0 Å². The highest BCUT2D eigenvalue weighted by atomic mass is 32.3. The quantitative estimate of drug-likeness (QED) is 0.142. The Morgan fingerprint density at radius 3 is 1.69 bits per heavy atom. The summed E-state index contributed by atoms with van der Waals surface area (Å²) in [6, 6.07) is 81.7. The van der Waals surface area contributed by atoms with Crippen LogP contribution in [0.3, 0.4) is 0 Å². The van der Waals surface area contributed by atoms with Crippen LogP contribution in [0.15, 0.2) is 234 Å². The van der Waals surface area contributed by atoms with Gasteiger partial charge in [0.1, 0.15) is 5.58 Å². The number of furan rings is 1. The van der Waals surface area contributed by atoms with Gasteiger partial charge in [0.05, 0.1) is 11.4 Å². The van der Waals surface area contributed by atoms with E-state index in [2.05, 4.69) is 247 Å². The lowest BCUT2D eigenvalue weighted by atomic mass is 9.90. The molecule has 0 radical (unpaired) electrons. The van der Waals surface area contributed by atoms with E-state index in [1.807, 2.05) is 6.07 Å². The first-order valence-electron chi connectivity index (χ1n) is 22.2. The molecule has 0 unspecified atom stereocenters. The number of hydrogen-bond donors (Lipinski definition) is 0. The highest BCUT2D eigenvalue weighted by Crippen LogP contribution is 2.49. The molecular weight excluding hydrogens is 809 g/mol. The highest BCUT2D eigenvalue weighted by molar-refractivity contribution is 8.32. The van der Waals surface area contributed by atoms with Crippen LogP contribution in [0.1, 0.15) is 0 Å². The zero-order valence-corrected chi connectivity index (χ0v) is 37.4. The van der Waals surface area contributed by atoms with Crippen LogP contribution in [0.2, 0.25) is 0 Å². The van der Waals surface area contributed by atoms with Gasteiger partial charge in [-0.05, 0) is 151 Å². The summed E-state index contributed by atoms with van der Waals surface area (Å²) in [6.07, 6.45) is 7.05. The molecule has 65 heavy (non-hydrogen) atoms. The van der Waals surface area contributed by atoms with Crippen molar-refractivity contribution in [1.29, 1.82) is 0 Å². The van der Waals surface area contributed by atoms with Crippen molar-refractivity contribution in [2.24, 2.45) is 0 Å². The smallest absolute Gasteiger partial charge is 0.159 e. The SMILES string of the molecule is CS(C)(C)c1ccc(N(c2ccccc2)c2ccc3c(c2)c2ccccc2c2c4ccc(N(c5ccccc5-c5ccccc5)c5cccc6c5oc5ccccc56)cc4ccc32)cc1. The Morgan fingerprint density at radius 2 is 0.908 bits per heavy atom. The maximum atomic E-state index is 6.73. The molecule has 312 valence electrons. The van der Waals surface area contributed by atoms with Gasteiger partial charge >= 0.3 is 0 Å². The number of fused-ring (bicyclic) bond motifs is 11. The molecular formula is C61H46N2OS. The normalized spacial score (nSPS) is 12.2. The van der Waals surface area contributed by atoms with Crippen LogP contribution in [-0.2, 0) is 0 Å². The van der Waals surface area contributed by atoms with Gasteiger partial charge in [-0.15, -0.1) is 0 Å². The van der Waals surface area contributed by atoms with Gasteiger partial charge < -0.3 is 14.2 Å². The molecule has 1 aromatic heterocycles. The van der Waals surface area contributed by atoms with E-state index in [1.165, 1.54) is 48.0 Å². The van der Waals surface area contributed by atoms with Crippen LogP contribution in [0, 0.1) is 0 Å². The van der Waals surface area contributed by atoms with Gasteiger partial charge in [0.25, 0.3) is 0 Å². The number of rotatable bonds is 8. The van der Waals surface area contributed by atoms with Crippen LogP contribution >= 0.6 is 10.0 Å². The molecule has 11 aromatic carbocycles. The zero-order chi connectivity index (χ0) is 43.6. The third-order valence-electron chi connectivity index (χ3n) is 13.0. The van der Waals surface area contributed by atoms with Gasteiger partial charge in [-0.2, -0.15) is 0 Å². The van der Waals surface area contributed by atoms with Gasteiger partial charge in [0.2, 0.25) is 0 Å². The van der Waals surface area contributed by atoms with E-state index in [-0.39, 0.29) is 0 Å². The zero-order valence-electron chi connectivity index (χ0n) is 36.6. The fourth-order valence-electron chi connectivity index (χ4n) is 9.91. The first kappa shape index (κ1) is 38.9. The molecule has 3 nitrogen and oxygen atoms in total. The van der Waals surface area contributed by atoms with Crippen molar-refractivity contribution in [2.45, 2.75) is 4.90 Å². The maximum absolute atomic E-state index is 6.73. The molecule has 0 atom stereocenters. The summed E-state index contributed by atoms with van der Waals surface area (Å²) in [6.45, 7) is 0. The Kier molecular flexibility index (Phi) is 9.25. The monoisotopic (exact) mass is 854 g/mol. The Labute approximate surface area is 380 Å². The first-order valence-corrected chi connectivity index (χ1v) is 25.0. The van der Waals surface area contributed by atoms with Crippen LogP contribution < -0.4 is 9.80 Å². The van der Waals surface area contributed by atoms with E-state index in [9.17, 15) is 0 Å². The van der Waals surface area contributed by atoms with Crippen LogP contribution in [-0.4, -0.2) is 18.8 Å². The predicted octanol–water partition coefficient (Wildman–Crippen LogP) is 17.9. The minimum absolute atomic E-state index is 0.847. The molecule has 12 rings (SSSR count). The van der Waals surface area contributed by atoms with Crippen molar-refractivity contribution < 1.29 is 4.42 Å². The molecule has 0 aliphatic rings. The van der Waals surface area contributed by atoms with Gasteiger partial charge in [0, 0.05) is 39.1 Å². The lowest BCUT2D eigenvalue weighted by molar-refractivity contribution is 0.669. The van der Waals surface area contributed by atoms with Crippen LogP contribution in [0.5, 0.6) is 0 Å². The van der Waals surface area contributed by atoms with E-state index < -0.39 is 10.0 Å². The number of hydrogen-bond acceptors (Lipinski definition) is 3. The standard InChI is InChI=1S/C61H46N2OS/c1-65(2,3)47-34-30-44(31-35-47)62(43-19-8-5-9-20-43)46-33-38-51-54-36-29-42-39-45(32-37-49(42)60(54)53-24-11-10-22-50(53)56(51)40-46)63(57-26-14-12-21-48(57)41-17-6-4-7-18-41)58-27-16-25-55-52-23-13-15-28-59(52)64-61(55)58/h4-40H,1-3H3. The number of para-hydroxylation sites is 4. The summed E-state index contributed by atoms with van der Waals surface area (Å²) in [7, 11) is -0.847. The lowest BCUT2D eigenvalue weighted by Gasteiger charge is -2.29. The summed E-state index contributed by atoms with van der Waals surface area (Å²) in [4.78, 5) is 6.17. The minimum atomic E-state index is -0.847. The second-order valence-electron chi connectivity index (χ2n) is 17.6. The Bertz CT molecular complexity index is 3740. The molecule has 0 saturated heterocycles. The molecule has 0 fully saturated rings. The van der Waals surface area contributed by atoms with Gasteiger partial charge in [-0.3, -0.25) is 0 Å². The van der Waals surface area contributed by atoms with Gasteiger partial charge in [-0.25, -0.2) is 10.0 Å². The van der Waals surface area contributed by atoms with E-state index >= 15 is 0 Å². The second kappa shape index (κ2) is 15.5. The number of nitrogens with zero attached hydrogens (tertiary/aromatic N) is 2. The molecule has 4 heteroatoms. The second-order valence-corrected chi connectivity index (χ2v) is 21.8. The van der Waals surface area contributed by atoms with Crippen molar-refractivity contribution in [3.63, 3.8) is 0 Å². The topological polar surface area (TPSA) is 19.6 Å². The molecule has 0 N–H and O–H groups in total. The lowest BCUT2D eigenvalue weighted by Crippen LogP contribution is -2.11. The summed E-state index contributed by atoms with van der Waals surface area (Å²) < 4.78 is 6.73. The fourth-order valence-corrected chi connectivity index (χ4v) is 10.9. The van der Waals surface area contributed by atoms with Crippen molar-refractivity contribution in [2.75, 3.05) is 28.6 Å². The molecule has 0 aliphatic carbocycles. The summed E-state index contributed by atoms with van der Waals surface area (Å²) >= 11 is 0. The van der Waals surface area contributed by atoms with Crippen molar-refractivity contribution in [1.82, 2.24) is 0 Å². The Morgan fingerprint density at radius 1 is 0.354 bits per heavy atom. The molecule has 0 spiro atoms. The van der Waals surface area contributed by atoms with Crippen molar-refractivity contribution in [3.05, 3.63) is 224 Å². The summed E-state index contributed by atoms with van der Waals surface area (Å²) in [5.41, 5.74) is 10.6. The molecule has 12 aromatic rings. The third kappa shape index (κ3) is 6.60. The van der Waals surface area contributed by atoms with E-state index in [0.717, 1.165) is 67.2 Å². The Hall–Kier alpha value is -7.79. The summed E-state index contributed by atoms with van der Waals surface area (Å²) in [5, 5.41) is 12.1. The highest BCUT2D eigenvalue weighted by Gasteiger charge is 2.23. The van der Waals surface area contributed by atoms with E-state index in [0.29, 0.717) is 0 Å². The van der Waals surface area contributed by atoms with Gasteiger partial charge in [-0.1, -0.05) is 146 Å². The fraction of sp³-hybridized carbons (Fsp3) is 0.0492. The molecule has 1 heterocycles. The molecule has 0 aliphatic heterocycles. The van der Waals surface area contributed by atoms with Crippen molar-refractivity contribution >= 4 is 109 Å². The third-order valence-corrected chi connectivity index (χ3v) is 14.7. The molecule has 0 bridgehead atoms. The molecule has 0 amide bonds. The van der Waals surface area contributed by atoms with Crippen molar-refractivity contribution in [3.8, 4) is 11.1 Å². The largest absolute Gasteiger partial charge is 0.454 e. The van der Waals surface area contributed by atoms with Crippen LogP contribution in [0.4, 0.5) is 34.1 Å². The average molecular weight is 855 g/mol. The van der Waals surface area contributed by atoms with Crippen LogP contribution in [0.25, 0.3) is 76.2 Å². The minimum Gasteiger partial charge on any atom is -0.454 e. The van der Waals surface area contributed by atoms with Gasteiger partial charge in [0.15, 0.2) is 5.58 Å². The Balaban J connectivity index is 1.06. The number of anilines is 6. The summed E-state index contributed by atoms with van der Waals surface area (Å²) in [5.74, 6) is 0. The average Bonchev–Trinajstić information content (AvgIpc) is 3.74.